The third-order valence-electron chi connectivity index (χ3n) is 4.26. The van der Waals surface area contributed by atoms with E-state index in [9.17, 15) is 5.11 Å². The summed E-state index contributed by atoms with van der Waals surface area (Å²) in [5.41, 5.74) is 4.39. The van der Waals surface area contributed by atoms with E-state index in [1.54, 1.807) is 6.07 Å². The molecule has 3 rings (SSSR count). The number of phenolic OH excluding ortho intramolecular Hbond substituents is 1. The molecule has 0 atom stereocenters. The highest BCUT2D eigenvalue weighted by Gasteiger charge is 2.20. The van der Waals surface area contributed by atoms with Crippen LogP contribution in [0.2, 0.25) is 0 Å². The molecule has 2 aromatic carbocycles. The summed E-state index contributed by atoms with van der Waals surface area (Å²) < 4.78 is 0. The van der Waals surface area contributed by atoms with E-state index >= 15 is 0 Å². The van der Waals surface area contributed by atoms with Crippen molar-refractivity contribution in [2.24, 2.45) is 0 Å². The summed E-state index contributed by atoms with van der Waals surface area (Å²) in [4.78, 5) is 4.38. The van der Waals surface area contributed by atoms with Gasteiger partial charge in [0.05, 0.1) is 5.69 Å². The average Bonchev–Trinajstić information content (AvgIpc) is 2.54. The molecule has 0 unspecified atom stereocenters. The summed E-state index contributed by atoms with van der Waals surface area (Å²) in [6.07, 6.45) is 0. The highest BCUT2D eigenvalue weighted by molar-refractivity contribution is 7.80. The highest BCUT2D eigenvalue weighted by atomic mass is 32.1. The van der Waals surface area contributed by atoms with Gasteiger partial charge in [0.25, 0.3) is 0 Å². The minimum Gasteiger partial charge on any atom is -0.506 e. The third-order valence-corrected chi connectivity index (χ3v) is 4.62. The van der Waals surface area contributed by atoms with E-state index in [1.165, 1.54) is 11.1 Å². The molecule has 0 aromatic heterocycles. The van der Waals surface area contributed by atoms with Gasteiger partial charge in [-0.25, -0.2) is 0 Å². The van der Waals surface area contributed by atoms with Crippen LogP contribution in [0, 0.1) is 13.8 Å². The SMILES string of the molecule is Cc1cc(C)cc(NC(=S)N2CCN(c3ccccc3O)CC2)c1. The van der Waals surface area contributed by atoms with Crippen LogP contribution in [-0.2, 0) is 0 Å². The van der Waals surface area contributed by atoms with Crippen molar-refractivity contribution in [3.05, 3.63) is 53.6 Å². The van der Waals surface area contributed by atoms with Gasteiger partial charge in [-0.05, 0) is 61.5 Å². The first-order valence-corrected chi connectivity index (χ1v) is 8.61. The molecule has 1 aliphatic rings. The van der Waals surface area contributed by atoms with Gasteiger partial charge in [-0.2, -0.15) is 0 Å². The number of para-hydroxylation sites is 2. The van der Waals surface area contributed by atoms with E-state index in [4.69, 9.17) is 12.2 Å². The van der Waals surface area contributed by atoms with Gasteiger partial charge in [-0.3, -0.25) is 0 Å². The maximum absolute atomic E-state index is 9.99. The van der Waals surface area contributed by atoms with Crippen molar-refractivity contribution in [3.63, 3.8) is 0 Å². The molecule has 0 bridgehead atoms. The van der Waals surface area contributed by atoms with Gasteiger partial charge in [0.1, 0.15) is 5.75 Å². The fourth-order valence-electron chi connectivity index (χ4n) is 3.13. The molecule has 0 spiro atoms. The average molecular weight is 341 g/mol. The number of rotatable bonds is 2. The second-order valence-electron chi connectivity index (χ2n) is 6.27. The first kappa shape index (κ1) is 16.6. The molecule has 1 aliphatic heterocycles. The van der Waals surface area contributed by atoms with Crippen LogP contribution in [-0.4, -0.2) is 41.3 Å². The molecule has 1 fully saturated rings. The van der Waals surface area contributed by atoms with Crippen LogP contribution >= 0.6 is 12.2 Å². The molecule has 2 aromatic rings. The number of aryl methyl sites for hydroxylation is 2. The maximum atomic E-state index is 9.99. The number of anilines is 2. The molecule has 126 valence electrons. The van der Waals surface area contributed by atoms with E-state index in [0.717, 1.165) is 42.7 Å². The maximum Gasteiger partial charge on any atom is 0.173 e. The lowest BCUT2D eigenvalue weighted by Gasteiger charge is -2.37. The summed E-state index contributed by atoms with van der Waals surface area (Å²) in [6.45, 7) is 7.53. The number of piperazine rings is 1. The zero-order valence-electron chi connectivity index (χ0n) is 14.1. The molecule has 0 aliphatic carbocycles. The van der Waals surface area contributed by atoms with Crippen molar-refractivity contribution in [3.8, 4) is 5.75 Å². The van der Waals surface area contributed by atoms with Gasteiger partial charge < -0.3 is 20.2 Å². The molecule has 0 saturated carbocycles. The second kappa shape index (κ2) is 7.09. The molecular formula is C19H23N3OS. The third kappa shape index (κ3) is 3.79. The zero-order chi connectivity index (χ0) is 17.1. The van der Waals surface area contributed by atoms with Gasteiger partial charge in [-0.1, -0.05) is 18.2 Å². The van der Waals surface area contributed by atoms with Crippen LogP contribution in [0.25, 0.3) is 0 Å². The van der Waals surface area contributed by atoms with E-state index < -0.39 is 0 Å². The predicted octanol–water partition coefficient (Wildman–Crippen LogP) is 3.53. The Kier molecular flexibility index (Phi) is 4.90. The van der Waals surface area contributed by atoms with Crippen LogP contribution < -0.4 is 10.2 Å². The molecule has 24 heavy (non-hydrogen) atoms. The Morgan fingerprint density at radius 2 is 1.62 bits per heavy atom. The van der Waals surface area contributed by atoms with Gasteiger partial charge in [-0.15, -0.1) is 0 Å². The molecule has 1 saturated heterocycles. The number of benzene rings is 2. The van der Waals surface area contributed by atoms with Crippen molar-refractivity contribution >= 4 is 28.7 Å². The number of hydrogen-bond acceptors (Lipinski definition) is 3. The fraction of sp³-hybridized carbons (Fsp3) is 0.316. The van der Waals surface area contributed by atoms with Crippen molar-refractivity contribution < 1.29 is 5.11 Å². The summed E-state index contributed by atoms with van der Waals surface area (Å²) in [6, 6.07) is 13.9. The van der Waals surface area contributed by atoms with Gasteiger partial charge in [0.2, 0.25) is 0 Å². The summed E-state index contributed by atoms with van der Waals surface area (Å²) in [5.74, 6) is 0.335. The Bertz CT molecular complexity index is 719. The van der Waals surface area contributed by atoms with Crippen molar-refractivity contribution in [2.75, 3.05) is 36.4 Å². The molecule has 4 nitrogen and oxygen atoms in total. The monoisotopic (exact) mass is 341 g/mol. The molecular weight excluding hydrogens is 318 g/mol. The van der Waals surface area contributed by atoms with Gasteiger partial charge in [0.15, 0.2) is 5.11 Å². The lowest BCUT2D eigenvalue weighted by atomic mass is 10.1. The zero-order valence-corrected chi connectivity index (χ0v) is 14.9. The Morgan fingerprint density at radius 3 is 2.25 bits per heavy atom. The quantitative estimate of drug-likeness (QED) is 0.818. The lowest BCUT2D eigenvalue weighted by Crippen LogP contribution is -2.50. The largest absolute Gasteiger partial charge is 0.506 e. The number of nitrogens with one attached hydrogen (secondary N) is 1. The van der Waals surface area contributed by atoms with E-state index in [2.05, 4.69) is 47.2 Å². The van der Waals surface area contributed by atoms with Crippen LogP contribution in [0.1, 0.15) is 11.1 Å². The first-order valence-electron chi connectivity index (χ1n) is 8.20. The van der Waals surface area contributed by atoms with E-state index in [1.807, 2.05) is 18.2 Å². The van der Waals surface area contributed by atoms with Crippen molar-refractivity contribution in [1.29, 1.82) is 0 Å². The number of hydrogen-bond donors (Lipinski definition) is 2. The standard InChI is InChI=1S/C19H23N3OS/c1-14-11-15(2)13-16(12-14)20-19(24)22-9-7-21(8-10-22)17-5-3-4-6-18(17)23/h3-6,11-13,23H,7-10H2,1-2H3,(H,20,24). The van der Waals surface area contributed by atoms with Gasteiger partial charge >= 0.3 is 0 Å². The minimum atomic E-state index is 0.335. The smallest absolute Gasteiger partial charge is 0.173 e. The molecule has 0 amide bonds. The van der Waals surface area contributed by atoms with E-state index in [-0.39, 0.29) is 0 Å². The normalized spacial score (nSPS) is 14.6. The van der Waals surface area contributed by atoms with Crippen LogP contribution in [0.5, 0.6) is 5.75 Å². The summed E-state index contributed by atoms with van der Waals surface area (Å²) in [5, 5.41) is 14.1. The topological polar surface area (TPSA) is 38.7 Å². The number of nitrogens with zero attached hydrogens (tertiary/aromatic N) is 2. The molecule has 0 radical (unpaired) electrons. The number of aromatic hydroxyl groups is 1. The molecule has 1 heterocycles. The first-order chi connectivity index (χ1) is 11.5. The fourth-order valence-corrected chi connectivity index (χ4v) is 3.43. The second-order valence-corrected chi connectivity index (χ2v) is 6.66. The lowest BCUT2D eigenvalue weighted by molar-refractivity contribution is 0.387. The van der Waals surface area contributed by atoms with Crippen LogP contribution in [0.4, 0.5) is 11.4 Å². The summed E-state index contributed by atoms with van der Waals surface area (Å²) >= 11 is 5.57. The highest BCUT2D eigenvalue weighted by Crippen LogP contribution is 2.27. The Balaban J connectivity index is 1.60. The van der Waals surface area contributed by atoms with Crippen molar-refractivity contribution in [2.45, 2.75) is 13.8 Å². The number of thiocarbonyl (C=S) groups is 1. The Morgan fingerprint density at radius 1 is 1.00 bits per heavy atom. The van der Waals surface area contributed by atoms with Crippen LogP contribution in [0.3, 0.4) is 0 Å². The Hall–Kier alpha value is -2.27. The molecule has 2 N–H and O–H groups in total. The minimum absolute atomic E-state index is 0.335. The predicted molar refractivity (Wildman–Crippen MR) is 104 cm³/mol. The van der Waals surface area contributed by atoms with Crippen LogP contribution in [0.15, 0.2) is 42.5 Å². The number of phenols is 1. The van der Waals surface area contributed by atoms with Crippen molar-refractivity contribution in [1.82, 2.24) is 4.90 Å². The molecule has 5 heteroatoms. The van der Waals surface area contributed by atoms with Gasteiger partial charge in [0, 0.05) is 31.9 Å². The Labute approximate surface area is 148 Å². The van der Waals surface area contributed by atoms with E-state index in [0.29, 0.717) is 5.75 Å². The summed E-state index contributed by atoms with van der Waals surface area (Å²) in [7, 11) is 0.